The molecule has 4 nitrogen and oxygen atoms in total. The first-order valence-corrected chi connectivity index (χ1v) is 4.94. The summed E-state index contributed by atoms with van der Waals surface area (Å²) in [5.41, 5.74) is 0.963. The fourth-order valence-corrected chi connectivity index (χ4v) is 1.87. The summed E-state index contributed by atoms with van der Waals surface area (Å²) in [6, 6.07) is 4.79. The Hall–Kier alpha value is -1.93. The zero-order valence-corrected chi connectivity index (χ0v) is 8.34. The summed E-state index contributed by atoms with van der Waals surface area (Å²) in [4.78, 5) is 14.4. The summed E-state index contributed by atoms with van der Waals surface area (Å²) in [6.45, 7) is 0. The van der Waals surface area contributed by atoms with Crippen molar-refractivity contribution in [3.8, 4) is 5.40 Å². The van der Waals surface area contributed by atoms with Gasteiger partial charge in [-0.15, -0.1) is 0 Å². The number of thioether (sulfide) groups is 1. The van der Waals surface area contributed by atoms with Gasteiger partial charge in [0.2, 0.25) is 0 Å². The average molecular weight is 218 g/mol. The minimum absolute atomic E-state index is 0.234. The molecule has 0 fully saturated rings. The molecular formula is C10H6N2O2S. The van der Waals surface area contributed by atoms with E-state index in [9.17, 15) is 4.79 Å². The van der Waals surface area contributed by atoms with E-state index in [4.69, 9.17) is 10.4 Å². The van der Waals surface area contributed by atoms with Crippen LogP contribution in [0.3, 0.4) is 0 Å². The molecule has 1 aromatic heterocycles. The van der Waals surface area contributed by atoms with E-state index in [1.165, 1.54) is 6.07 Å². The molecular weight excluding hydrogens is 212 g/mol. The fourth-order valence-electron chi connectivity index (χ4n) is 1.37. The number of benzene rings is 1. The van der Waals surface area contributed by atoms with Crippen LogP contribution in [0.4, 0.5) is 0 Å². The molecule has 0 aliphatic heterocycles. The maximum Gasteiger partial charge on any atom is 0.335 e. The van der Waals surface area contributed by atoms with Gasteiger partial charge < -0.3 is 10.1 Å². The van der Waals surface area contributed by atoms with Crippen LogP contribution in [0.2, 0.25) is 0 Å². The van der Waals surface area contributed by atoms with Crippen molar-refractivity contribution >= 4 is 28.6 Å². The van der Waals surface area contributed by atoms with Crippen molar-refractivity contribution in [3.63, 3.8) is 0 Å². The minimum Gasteiger partial charge on any atom is -0.478 e. The number of nitrogens with one attached hydrogen (secondary N) is 1. The van der Waals surface area contributed by atoms with Gasteiger partial charge >= 0.3 is 5.97 Å². The number of hydrogen-bond donors (Lipinski definition) is 2. The molecule has 0 unspecified atom stereocenters. The predicted molar refractivity (Wildman–Crippen MR) is 56.7 cm³/mol. The third-order valence-corrected chi connectivity index (χ3v) is 2.70. The third kappa shape index (κ3) is 1.67. The number of fused-ring (bicyclic) bond motifs is 1. The molecule has 74 valence electrons. The number of hydrogen-bond acceptors (Lipinski definition) is 3. The van der Waals surface area contributed by atoms with Crippen LogP contribution in [0.5, 0.6) is 0 Å². The molecule has 1 aromatic carbocycles. The molecule has 0 bridgehead atoms. The number of H-pyrrole nitrogens is 1. The van der Waals surface area contributed by atoms with Gasteiger partial charge in [-0.1, -0.05) is 6.07 Å². The SMILES string of the molecule is N#CSc1c[nH]c2cc(C(=O)O)ccc12. The first kappa shape index (κ1) is 9.62. The molecule has 1 heterocycles. The van der Waals surface area contributed by atoms with Gasteiger partial charge in [-0.2, -0.15) is 5.26 Å². The van der Waals surface area contributed by atoms with Gasteiger partial charge in [0.25, 0.3) is 0 Å². The van der Waals surface area contributed by atoms with Crippen LogP contribution in [0.15, 0.2) is 29.3 Å². The van der Waals surface area contributed by atoms with E-state index in [1.54, 1.807) is 18.3 Å². The van der Waals surface area contributed by atoms with Crippen molar-refractivity contribution in [1.82, 2.24) is 4.98 Å². The first-order chi connectivity index (χ1) is 7.22. The molecule has 2 N–H and O–H groups in total. The predicted octanol–water partition coefficient (Wildman–Crippen LogP) is 2.44. The monoisotopic (exact) mass is 218 g/mol. The Balaban J connectivity index is 2.57. The molecule has 2 aromatic rings. The van der Waals surface area contributed by atoms with Crippen molar-refractivity contribution in [3.05, 3.63) is 30.0 Å². The highest BCUT2D eigenvalue weighted by molar-refractivity contribution is 8.04. The summed E-state index contributed by atoms with van der Waals surface area (Å²) in [6.07, 6.45) is 1.70. The van der Waals surface area contributed by atoms with Gasteiger partial charge in [-0.3, -0.25) is 0 Å². The summed E-state index contributed by atoms with van der Waals surface area (Å²) in [7, 11) is 0. The van der Waals surface area contributed by atoms with E-state index in [0.717, 1.165) is 27.6 Å². The molecule has 0 aliphatic rings. The zero-order chi connectivity index (χ0) is 10.8. The van der Waals surface area contributed by atoms with Gasteiger partial charge in [0.15, 0.2) is 0 Å². The van der Waals surface area contributed by atoms with Crippen molar-refractivity contribution in [1.29, 1.82) is 5.26 Å². The molecule has 0 radical (unpaired) electrons. The minimum atomic E-state index is -0.957. The van der Waals surface area contributed by atoms with Gasteiger partial charge in [0, 0.05) is 22.0 Å². The van der Waals surface area contributed by atoms with Gasteiger partial charge in [0.1, 0.15) is 5.40 Å². The lowest BCUT2D eigenvalue weighted by molar-refractivity contribution is 0.0697. The second-order valence-electron chi connectivity index (χ2n) is 2.91. The van der Waals surface area contributed by atoms with E-state index in [0.29, 0.717) is 0 Å². The van der Waals surface area contributed by atoms with E-state index in [-0.39, 0.29) is 5.56 Å². The molecule has 0 amide bonds. The highest BCUT2D eigenvalue weighted by Gasteiger charge is 2.07. The van der Waals surface area contributed by atoms with Gasteiger partial charge in [-0.25, -0.2) is 4.79 Å². The van der Waals surface area contributed by atoms with Crippen molar-refractivity contribution in [2.75, 3.05) is 0 Å². The van der Waals surface area contributed by atoms with Crippen molar-refractivity contribution < 1.29 is 9.90 Å². The second-order valence-corrected chi connectivity index (χ2v) is 3.74. The average Bonchev–Trinajstić information content (AvgIpc) is 2.61. The zero-order valence-electron chi connectivity index (χ0n) is 7.52. The van der Waals surface area contributed by atoms with Crippen molar-refractivity contribution in [2.45, 2.75) is 4.90 Å². The van der Waals surface area contributed by atoms with Gasteiger partial charge in [-0.05, 0) is 23.9 Å². The molecule has 0 spiro atoms. The Bertz CT molecular complexity index is 568. The lowest BCUT2D eigenvalue weighted by Crippen LogP contribution is -1.94. The lowest BCUT2D eigenvalue weighted by atomic mass is 10.2. The smallest absolute Gasteiger partial charge is 0.335 e. The van der Waals surface area contributed by atoms with Crippen LogP contribution in [0.25, 0.3) is 10.9 Å². The highest BCUT2D eigenvalue weighted by Crippen LogP contribution is 2.27. The Morgan fingerprint density at radius 2 is 2.33 bits per heavy atom. The number of carboxylic acid groups (broad SMARTS) is 1. The van der Waals surface area contributed by atoms with Crippen molar-refractivity contribution in [2.24, 2.45) is 0 Å². The van der Waals surface area contributed by atoms with E-state index < -0.39 is 5.97 Å². The number of aromatic amines is 1. The number of aromatic carboxylic acids is 1. The molecule has 0 atom stereocenters. The second kappa shape index (κ2) is 3.67. The Labute approximate surface area is 89.5 Å². The van der Waals surface area contributed by atoms with Crippen LogP contribution < -0.4 is 0 Å². The maximum absolute atomic E-state index is 10.7. The highest BCUT2D eigenvalue weighted by atomic mass is 32.2. The summed E-state index contributed by atoms with van der Waals surface area (Å²) < 4.78 is 0. The molecule has 15 heavy (non-hydrogen) atoms. The quantitative estimate of drug-likeness (QED) is 0.599. The van der Waals surface area contributed by atoms with E-state index in [1.807, 2.05) is 5.40 Å². The summed E-state index contributed by atoms with van der Waals surface area (Å²) >= 11 is 1.05. The number of thiocyanates is 1. The summed E-state index contributed by atoms with van der Waals surface area (Å²) in [5.74, 6) is -0.957. The Morgan fingerprint density at radius 3 is 3.00 bits per heavy atom. The lowest BCUT2D eigenvalue weighted by Gasteiger charge is -1.95. The molecule has 5 heteroatoms. The maximum atomic E-state index is 10.7. The van der Waals surface area contributed by atoms with Crippen LogP contribution in [0.1, 0.15) is 10.4 Å². The molecule has 2 rings (SSSR count). The topological polar surface area (TPSA) is 76.9 Å². The standard InChI is InChI=1S/C10H6N2O2S/c11-5-15-9-4-12-8-3-6(10(13)14)1-2-7(8)9/h1-4,12H,(H,13,14). The van der Waals surface area contributed by atoms with Crippen LogP contribution in [-0.4, -0.2) is 16.1 Å². The van der Waals surface area contributed by atoms with E-state index in [2.05, 4.69) is 4.98 Å². The first-order valence-electron chi connectivity index (χ1n) is 4.12. The van der Waals surface area contributed by atoms with Gasteiger partial charge in [0.05, 0.1) is 5.56 Å². The largest absolute Gasteiger partial charge is 0.478 e. The summed E-state index contributed by atoms with van der Waals surface area (Å²) in [5, 5.41) is 20.2. The number of rotatable bonds is 2. The number of nitriles is 1. The number of aromatic nitrogens is 1. The van der Waals surface area contributed by atoms with E-state index >= 15 is 0 Å². The third-order valence-electron chi connectivity index (χ3n) is 2.05. The number of nitrogens with zero attached hydrogens (tertiary/aromatic N) is 1. The van der Waals surface area contributed by atoms with Crippen LogP contribution in [-0.2, 0) is 0 Å². The molecule has 0 saturated heterocycles. The number of carbonyl (C=O) groups is 1. The molecule has 0 aliphatic carbocycles. The Morgan fingerprint density at radius 1 is 1.53 bits per heavy atom. The fraction of sp³-hybridized carbons (Fsp3) is 0. The normalized spacial score (nSPS) is 10.1. The van der Waals surface area contributed by atoms with Crippen LogP contribution >= 0.6 is 11.8 Å². The number of carboxylic acids is 1. The molecule has 0 saturated carbocycles. The Kier molecular flexibility index (Phi) is 2.35. The van der Waals surface area contributed by atoms with Crippen LogP contribution in [0, 0.1) is 10.7 Å².